The first-order chi connectivity index (χ1) is 9.97. The Balaban J connectivity index is 1.98. The maximum absolute atomic E-state index is 10.9. The van der Waals surface area contributed by atoms with E-state index in [9.17, 15) is 10.1 Å². The van der Waals surface area contributed by atoms with Crippen molar-refractivity contribution >= 4 is 22.3 Å². The van der Waals surface area contributed by atoms with Gasteiger partial charge in [-0.3, -0.25) is 15.1 Å². The molecule has 2 aromatic rings. The number of aromatic nitrogens is 1. The molecular formula is C15H18N4O2. The summed E-state index contributed by atoms with van der Waals surface area (Å²) in [6.07, 6.45) is 3.20. The molecule has 3 rings (SSSR count). The molecule has 21 heavy (non-hydrogen) atoms. The van der Waals surface area contributed by atoms with Gasteiger partial charge in [0.05, 0.1) is 10.4 Å². The number of non-ortho nitro benzene ring substituents is 1. The van der Waals surface area contributed by atoms with E-state index in [1.165, 1.54) is 12.5 Å². The van der Waals surface area contributed by atoms with Crippen LogP contribution in [-0.2, 0) is 0 Å². The number of hydrogen-bond donors (Lipinski definition) is 2. The number of fused-ring (bicyclic) bond motifs is 1. The first kappa shape index (κ1) is 13.8. The SMILES string of the molecule is Cc1cc(NCC2(N)CCC2)c2cc([N+](=O)[O-])ccc2n1. The van der Waals surface area contributed by atoms with E-state index >= 15 is 0 Å². The smallest absolute Gasteiger partial charge is 0.270 e. The first-order valence-corrected chi connectivity index (χ1v) is 7.05. The van der Waals surface area contributed by atoms with Gasteiger partial charge in [0.2, 0.25) is 0 Å². The first-order valence-electron chi connectivity index (χ1n) is 7.05. The van der Waals surface area contributed by atoms with Gasteiger partial charge in [0.25, 0.3) is 5.69 Å². The number of anilines is 1. The largest absolute Gasteiger partial charge is 0.383 e. The molecule has 1 heterocycles. The van der Waals surface area contributed by atoms with Crippen LogP contribution < -0.4 is 11.1 Å². The Bertz CT molecular complexity index is 710. The molecule has 1 aliphatic rings. The van der Waals surface area contributed by atoms with Crippen molar-refractivity contribution in [2.75, 3.05) is 11.9 Å². The topological polar surface area (TPSA) is 94.1 Å². The number of nitrogens with zero attached hydrogens (tertiary/aromatic N) is 2. The van der Waals surface area contributed by atoms with E-state index in [0.29, 0.717) is 6.54 Å². The number of nitrogens with two attached hydrogens (primary N) is 1. The molecule has 6 nitrogen and oxygen atoms in total. The maximum Gasteiger partial charge on any atom is 0.270 e. The number of nitro benzene ring substituents is 1. The summed E-state index contributed by atoms with van der Waals surface area (Å²) in [5, 5.41) is 15.1. The summed E-state index contributed by atoms with van der Waals surface area (Å²) in [5.41, 5.74) is 8.63. The Morgan fingerprint density at radius 1 is 1.43 bits per heavy atom. The third-order valence-corrected chi connectivity index (χ3v) is 4.11. The summed E-state index contributed by atoms with van der Waals surface area (Å²) in [7, 11) is 0. The summed E-state index contributed by atoms with van der Waals surface area (Å²) in [6.45, 7) is 2.59. The molecule has 0 atom stereocenters. The number of hydrogen-bond acceptors (Lipinski definition) is 5. The van der Waals surface area contributed by atoms with Crippen molar-refractivity contribution in [1.29, 1.82) is 0 Å². The molecular weight excluding hydrogens is 268 g/mol. The minimum Gasteiger partial charge on any atom is -0.383 e. The highest BCUT2D eigenvalue weighted by molar-refractivity contribution is 5.93. The van der Waals surface area contributed by atoms with Gasteiger partial charge in [-0.05, 0) is 38.3 Å². The van der Waals surface area contributed by atoms with Crippen molar-refractivity contribution in [3.63, 3.8) is 0 Å². The van der Waals surface area contributed by atoms with E-state index in [4.69, 9.17) is 5.73 Å². The number of aryl methyl sites for hydroxylation is 1. The van der Waals surface area contributed by atoms with E-state index in [2.05, 4.69) is 10.3 Å². The van der Waals surface area contributed by atoms with Gasteiger partial charge in [0.15, 0.2) is 0 Å². The number of pyridine rings is 1. The highest BCUT2D eigenvalue weighted by Crippen LogP contribution is 2.31. The predicted octanol–water partition coefficient (Wildman–Crippen LogP) is 2.74. The maximum atomic E-state index is 10.9. The Labute approximate surface area is 122 Å². The van der Waals surface area contributed by atoms with Gasteiger partial charge in [-0.25, -0.2) is 0 Å². The zero-order valence-electron chi connectivity index (χ0n) is 11.9. The van der Waals surface area contributed by atoms with E-state index in [-0.39, 0.29) is 16.1 Å². The van der Waals surface area contributed by atoms with Gasteiger partial charge >= 0.3 is 0 Å². The fraction of sp³-hybridized carbons (Fsp3) is 0.400. The molecule has 6 heteroatoms. The lowest BCUT2D eigenvalue weighted by Gasteiger charge is -2.38. The second-order valence-corrected chi connectivity index (χ2v) is 5.84. The van der Waals surface area contributed by atoms with E-state index in [1.807, 2.05) is 13.0 Å². The highest BCUT2D eigenvalue weighted by Gasteiger charge is 2.32. The summed E-state index contributed by atoms with van der Waals surface area (Å²) in [4.78, 5) is 15.0. The lowest BCUT2D eigenvalue weighted by Crippen LogP contribution is -2.51. The van der Waals surface area contributed by atoms with Gasteiger partial charge in [0, 0.05) is 41.0 Å². The number of nitro groups is 1. The predicted molar refractivity (Wildman–Crippen MR) is 82.4 cm³/mol. The second kappa shape index (κ2) is 4.96. The monoisotopic (exact) mass is 286 g/mol. The van der Waals surface area contributed by atoms with Crippen LogP contribution in [0, 0.1) is 17.0 Å². The third kappa shape index (κ3) is 2.67. The van der Waals surface area contributed by atoms with Crippen LogP contribution in [0.2, 0.25) is 0 Å². The molecule has 1 aromatic carbocycles. The van der Waals surface area contributed by atoms with Crippen molar-refractivity contribution in [3.8, 4) is 0 Å². The Morgan fingerprint density at radius 2 is 2.19 bits per heavy atom. The van der Waals surface area contributed by atoms with Crippen molar-refractivity contribution in [2.45, 2.75) is 31.7 Å². The number of benzene rings is 1. The lowest BCUT2D eigenvalue weighted by molar-refractivity contribution is -0.384. The van der Waals surface area contributed by atoms with Crippen LogP contribution in [0.4, 0.5) is 11.4 Å². The summed E-state index contributed by atoms with van der Waals surface area (Å²) in [6, 6.07) is 6.64. The van der Waals surface area contributed by atoms with Crippen LogP contribution in [0.15, 0.2) is 24.3 Å². The van der Waals surface area contributed by atoms with Crippen LogP contribution in [0.1, 0.15) is 25.0 Å². The zero-order valence-corrected chi connectivity index (χ0v) is 11.9. The summed E-state index contributed by atoms with van der Waals surface area (Å²) in [5.74, 6) is 0. The average molecular weight is 286 g/mol. The van der Waals surface area contributed by atoms with Gasteiger partial charge in [0.1, 0.15) is 0 Å². The minimum atomic E-state index is -0.389. The van der Waals surface area contributed by atoms with Crippen molar-refractivity contribution in [3.05, 3.63) is 40.1 Å². The van der Waals surface area contributed by atoms with E-state index in [0.717, 1.165) is 35.1 Å². The van der Waals surface area contributed by atoms with Crippen LogP contribution in [0.5, 0.6) is 0 Å². The lowest BCUT2D eigenvalue weighted by atomic mass is 9.78. The van der Waals surface area contributed by atoms with Crippen molar-refractivity contribution in [1.82, 2.24) is 4.98 Å². The summed E-state index contributed by atoms with van der Waals surface area (Å²) < 4.78 is 0. The molecule has 0 spiro atoms. The average Bonchev–Trinajstić information content (AvgIpc) is 2.42. The quantitative estimate of drug-likeness (QED) is 0.665. The number of nitrogens with one attached hydrogen (secondary N) is 1. The Morgan fingerprint density at radius 3 is 2.81 bits per heavy atom. The third-order valence-electron chi connectivity index (χ3n) is 4.11. The van der Waals surface area contributed by atoms with Gasteiger partial charge in [-0.2, -0.15) is 0 Å². The molecule has 0 amide bonds. The fourth-order valence-electron chi connectivity index (χ4n) is 2.68. The van der Waals surface area contributed by atoms with Gasteiger partial charge in [-0.15, -0.1) is 0 Å². The Kier molecular flexibility index (Phi) is 3.25. The molecule has 1 aromatic heterocycles. The Hall–Kier alpha value is -2.21. The molecule has 110 valence electrons. The molecule has 3 N–H and O–H groups in total. The minimum absolute atomic E-state index is 0.0716. The van der Waals surface area contributed by atoms with Crippen molar-refractivity contribution in [2.24, 2.45) is 5.73 Å². The van der Waals surface area contributed by atoms with E-state index in [1.54, 1.807) is 12.1 Å². The fourth-order valence-corrected chi connectivity index (χ4v) is 2.68. The van der Waals surface area contributed by atoms with Crippen LogP contribution in [0.25, 0.3) is 10.9 Å². The molecule has 0 saturated heterocycles. The molecule has 0 radical (unpaired) electrons. The highest BCUT2D eigenvalue weighted by atomic mass is 16.6. The normalized spacial score (nSPS) is 16.5. The van der Waals surface area contributed by atoms with Gasteiger partial charge < -0.3 is 11.1 Å². The molecule has 0 unspecified atom stereocenters. The molecule has 1 fully saturated rings. The number of rotatable bonds is 4. The van der Waals surface area contributed by atoms with Crippen LogP contribution in [-0.4, -0.2) is 22.0 Å². The molecule has 0 aliphatic heterocycles. The zero-order chi connectivity index (χ0) is 15.0. The summed E-state index contributed by atoms with van der Waals surface area (Å²) >= 11 is 0. The van der Waals surface area contributed by atoms with Crippen molar-refractivity contribution < 1.29 is 4.92 Å². The van der Waals surface area contributed by atoms with Crippen LogP contribution >= 0.6 is 0 Å². The van der Waals surface area contributed by atoms with E-state index < -0.39 is 0 Å². The van der Waals surface area contributed by atoms with Gasteiger partial charge in [-0.1, -0.05) is 0 Å². The second-order valence-electron chi connectivity index (χ2n) is 5.84. The molecule has 1 aliphatic carbocycles. The molecule has 0 bridgehead atoms. The standard InChI is InChI=1S/C15H18N4O2/c1-10-7-14(17-9-15(16)5-2-6-15)12-8-11(19(20)21)3-4-13(12)18-10/h3-4,7-8H,2,5-6,9,16H2,1H3,(H,17,18). The van der Waals surface area contributed by atoms with Crippen LogP contribution in [0.3, 0.4) is 0 Å². The molecule has 1 saturated carbocycles.